The van der Waals surface area contributed by atoms with Crippen LogP contribution in [0.3, 0.4) is 0 Å². The SMILES string of the molecule is Cc1nn(C)cc1-c1nc2ccc(S(C)(=O)=O)cc2[nH]1. The van der Waals surface area contributed by atoms with Gasteiger partial charge in [-0.05, 0) is 25.1 Å². The van der Waals surface area contributed by atoms with E-state index in [0.29, 0.717) is 11.3 Å². The Bertz CT molecular complexity index is 906. The molecule has 0 saturated carbocycles. The van der Waals surface area contributed by atoms with Gasteiger partial charge < -0.3 is 4.98 Å². The van der Waals surface area contributed by atoms with Gasteiger partial charge in [-0.2, -0.15) is 5.10 Å². The van der Waals surface area contributed by atoms with Crippen LogP contribution in [0.25, 0.3) is 22.4 Å². The number of aromatic amines is 1. The predicted octanol–water partition coefficient (Wildman–Crippen LogP) is 1.68. The number of rotatable bonds is 2. The number of hydrogen-bond donors (Lipinski definition) is 1. The van der Waals surface area contributed by atoms with Gasteiger partial charge in [0.05, 0.1) is 27.2 Å². The Labute approximate surface area is 116 Å². The Hall–Kier alpha value is -2.15. The average Bonchev–Trinajstić information content (AvgIpc) is 2.89. The lowest BCUT2D eigenvalue weighted by Gasteiger charge is -1.96. The molecule has 0 atom stereocenters. The summed E-state index contributed by atoms with van der Waals surface area (Å²) in [7, 11) is -1.37. The maximum Gasteiger partial charge on any atom is 0.175 e. The summed E-state index contributed by atoms with van der Waals surface area (Å²) < 4.78 is 24.8. The maximum absolute atomic E-state index is 11.6. The number of sulfone groups is 1. The van der Waals surface area contributed by atoms with Crippen molar-refractivity contribution in [2.45, 2.75) is 11.8 Å². The topological polar surface area (TPSA) is 80.6 Å². The first-order valence-corrected chi connectivity index (χ1v) is 7.94. The number of nitrogens with zero attached hydrogens (tertiary/aromatic N) is 3. The second kappa shape index (κ2) is 4.17. The predicted molar refractivity (Wildman–Crippen MR) is 76.1 cm³/mol. The van der Waals surface area contributed by atoms with Crippen molar-refractivity contribution in [1.82, 2.24) is 19.7 Å². The van der Waals surface area contributed by atoms with Gasteiger partial charge in [0.2, 0.25) is 0 Å². The zero-order valence-corrected chi connectivity index (χ0v) is 12.2. The zero-order chi connectivity index (χ0) is 14.5. The summed E-state index contributed by atoms with van der Waals surface area (Å²) in [5.41, 5.74) is 3.21. The fourth-order valence-corrected chi connectivity index (χ4v) is 2.83. The van der Waals surface area contributed by atoms with E-state index in [-0.39, 0.29) is 4.90 Å². The van der Waals surface area contributed by atoms with Crippen LogP contribution in [0.2, 0.25) is 0 Å². The lowest BCUT2D eigenvalue weighted by atomic mass is 10.2. The van der Waals surface area contributed by atoms with Crippen LogP contribution in [0.1, 0.15) is 5.69 Å². The van der Waals surface area contributed by atoms with Crippen molar-refractivity contribution in [2.75, 3.05) is 6.26 Å². The second-order valence-electron chi connectivity index (χ2n) is 4.84. The maximum atomic E-state index is 11.6. The van der Waals surface area contributed by atoms with Crippen molar-refractivity contribution in [3.63, 3.8) is 0 Å². The molecule has 3 aromatic rings. The molecule has 0 radical (unpaired) electrons. The quantitative estimate of drug-likeness (QED) is 0.778. The Balaban J connectivity index is 2.18. The van der Waals surface area contributed by atoms with Crippen molar-refractivity contribution in [3.8, 4) is 11.4 Å². The van der Waals surface area contributed by atoms with Crippen LogP contribution in [0.4, 0.5) is 0 Å². The van der Waals surface area contributed by atoms with Crippen molar-refractivity contribution in [1.29, 1.82) is 0 Å². The number of fused-ring (bicyclic) bond motifs is 1. The van der Waals surface area contributed by atoms with Crippen molar-refractivity contribution < 1.29 is 8.42 Å². The summed E-state index contributed by atoms with van der Waals surface area (Å²) in [4.78, 5) is 7.91. The highest BCUT2D eigenvalue weighted by Gasteiger charge is 2.13. The Kier molecular flexibility index (Phi) is 2.68. The first-order valence-electron chi connectivity index (χ1n) is 6.05. The fraction of sp³-hybridized carbons (Fsp3) is 0.231. The van der Waals surface area contributed by atoms with Gasteiger partial charge in [0.1, 0.15) is 5.82 Å². The molecular weight excluding hydrogens is 276 g/mol. The van der Waals surface area contributed by atoms with Gasteiger partial charge in [0, 0.05) is 19.5 Å². The first kappa shape index (κ1) is 12.9. The number of benzene rings is 1. The van der Waals surface area contributed by atoms with Crippen molar-refractivity contribution in [2.24, 2.45) is 7.05 Å². The number of aromatic nitrogens is 4. The Morgan fingerprint density at radius 2 is 2.05 bits per heavy atom. The van der Waals surface area contributed by atoms with Gasteiger partial charge in [-0.1, -0.05) is 0 Å². The zero-order valence-electron chi connectivity index (χ0n) is 11.4. The summed E-state index contributed by atoms with van der Waals surface area (Å²) in [5.74, 6) is 0.691. The van der Waals surface area contributed by atoms with Crippen LogP contribution in [-0.4, -0.2) is 34.4 Å². The first-order chi connectivity index (χ1) is 9.34. The molecular formula is C13H14N4O2S. The fourth-order valence-electron chi connectivity index (χ4n) is 2.18. The molecule has 0 aliphatic carbocycles. The van der Waals surface area contributed by atoms with Crippen LogP contribution in [0.15, 0.2) is 29.3 Å². The molecule has 6 nitrogen and oxygen atoms in total. The molecule has 0 aliphatic rings. The Morgan fingerprint density at radius 1 is 1.30 bits per heavy atom. The van der Waals surface area contributed by atoms with E-state index in [1.807, 2.05) is 20.2 Å². The third-order valence-electron chi connectivity index (χ3n) is 3.15. The third kappa shape index (κ3) is 2.09. The Morgan fingerprint density at radius 3 is 2.65 bits per heavy atom. The molecule has 0 aliphatic heterocycles. The van der Waals surface area contributed by atoms with Crippen LogP contribution >= 0.6 is 0 Å². The van der Waals surface area contributed by atoms with E-state index in [4.69, 9.17) is 0 Å². The van der Waals surface area contributed by atoms with Crippen molar-refractivity contribution >= 4 is 20.9 Å². The molecule has 0 spiro atoms. The molecule has 2 aromatic heterocycles. The molecule has 104 valence electrons. The minimum Gasteiger partial charge on any atom is -0.338 e. The van der Waals surface area contributed by atoms with Gasteiger partial charge in [0.25, 0.3) is 0 Å². The molecule has 0 amide bonds. The lowest BCUT2D eigenvalue weighted by Crippen LogP contribution is -1.96. The van der Waals surface area contributed by atoms with Gasteiger partial charge in [-0.25, -0.2) is 13.4 Å². The molecule has 0 bridgehead atoms. The van der Waals surface area contributed by atoms with Crippen LogP contribution < -0.4 is 0 Å². The summed E-state index contributed by atoms with van der Waals surface area (Å²) >= 11 is 0. The molecule has 3 rings (SSSR count). The van der Waals surface area contributed by atoms with E-state index < -0.39 is 9.84 Å². The van der Waals surface area contributed by atoms with E-state index >= 15 is 0 Å². The number of H-pyrrole nitrogens is 1. The van der Waals surface area contributed by atoms with Crippen LogP contribution in [0, 0.1) is 6.92 Å². The normalized spacial score (nSPS) is 12.2. The van der Waals surface area contributed by atoms with Crippen LogP contribution in [-0.2, 0) is 16.9 Å². The number of imidazole rings is 1. The average molecular weight is 290 g/mol. The van der Waals surface area contributed by atoms with E-state index in [9.17, 15) is 8.42 Å². The lowest BCUT2D eigenvalue weighted by molar-refractivity contribution is 0.602. The smallest absolute Gasteiger partial charge is 0.175 e. The van der Waals surface area contributed by atoms with Gasteiger partial charge in [-0.15, -0.1) is 0 Å². The van der Waals surface area contributed by atoms with Crippen molar-refractivity contribution in [3.05, 3.63) is 30.1 Å². The van der Waals surface area contributed by atoms with Gasteiger partial charge >= 0.3 is 0 Å². The molecule has 1 N–H and O–H groups in total. The molecule has 0 saturated heterocycles. The third-order valence-corrected chi connectivity index (χ3v) is 4.26. The number of nitrogens with one attached hydrogen (secondary N) is 1. The van der Waals surface area contributed by atoms with Gasteiger partial charge in [-0.3, -0.25) is 4.68 Å². The minimum absolute atomic E-state index is 0.281. The monoisotopic (exact) mass is 290 g/mol. The molecule has 0 unspecified atom stereocenters. The molecule has 2 heterocycles. The van der Waals surface area contributed by atoms with E-state index in [0.717, 1.165) is 16.8 Å². The highest BCUT2D eigenvalue weighted by atomic mass is 32.2. The summed E-state index contributed by atoms with van der Waals surface area (Å²) in [6.07, 6.45) is 3.07. The second-order valence-corrected chi connectivity index (χ2v) is 6.85. The molecule has 7 heteroatoms. The highest BCUT2D eigenvalue weighted by molar-refractivity contribution is 7.90. The molecule has 1 aromatic carbocycles. The standard InChI is InChI=1S/C13H14N4O2S/c1-8-10(7-17(2)16-8)13-14-11-5-4-9(20(3,18)19)6-12(11)15-13/h4-7H,1-3H3,(H,14,15). The van der Waals surface area contributed by atoms with E-state index in [1.165, 1.54) is 6.26 Å². The van der Waals surface area contributed by atoms with E-state index in [1.54, 1.807) is 22.9 Å². The molecule has 20 heavy (non-hydrogen) atoms. The largest absolute Gasteiger partial charge is 0.338 e. The number of aryl methyl sites for hydroxylation is 2. The summed E-state index contributed by atoms with van der Waals surface area (Å²) in [6.45, 7) is 1.91. The molecule has 0 fully saturated rings. The van der Waals surface area contributed by atoms with E-state index in [2.05, 4.69) is 15.1 Å². The van der Waals surface area contributed by atoms with Crippen LogP contribution in [0.5, 0.6) is 0 Å². The number of hydrogen-bond acceptors (Lipinski definition) is 4. The minimum atomic E-state index is -3.22. The van der Waals surface area contributed by atoms with Gasteiger partial charge in [0.15, 0.2) is 9.84 Å². The summed E-state index contributed by atoms with van der Waals surface area (Å²) in [6, 6.07) is 4.88. The highest BCUT2D eigenvalue weighted by Crippen LogP contribution is 2.24. The summed E-state index contributed by atoms with van der Waals surface area (Å²) in [5, 5.41) is 4.28.